The van der Waals surface area contributed by atoms with Gasteiger partial charge in [0, 0.05) is 0 Å². The molecule has 1 atom stereocenters. The molecule has 168 valence electrons. The second kappa shape index (κ2) is 17.3. The van der Waals surface area contributed by atoms with Crippen LogP contribution in [0.2, 0.25) is 0 Å². The second-order valence-electron chi connectivity index (χ2n) is 8.41. The molecular weight excluding hydrogens is 376 g/mol. The maximum Gasteiger partial charge on any atom is 0.326 e. The molecule has 0 aliphatic rings. The van der Waals surface area contributed by atoms with Gasteiger partial charge in [0.15, 0.2) is 5.25 Å². The molecule has 0 spiro atoms. The van der Waals surface area contributed by atoms with Crippen LogP contribution in [-0.4, -0.2) is 30.8 Å². The molecule has 0 saturated heterocycles. The highest BCUT2D eigenvalue weighted by atomic mass is 32.2. The van der Waals surface area contributed by atoms with E-state index in [9.17, 15) is 17.8 Å². The number of carbonyl (C=O) groups is 1. The van der Waals surface area contributed by atoms with Crippen LogP contribution >= 0.6 is 0 Å². The minimum atomic E-state index is -4.40. The van der Waals surface area contributed by atoms with Crippen LogP contribution in [0, 0.1) is 5.92 Å². The fourth-order valence-electron chi connectivity index (χ4n) is 3.25. The summed E-state index contributed by atoms with van der Waals surface area (Å²) in [6.45, 7) is 6.17. The summed E-state index contributed by atoms with van der Waals surface area (Å²) in [5.41, 5.74) is 0. The summed E-state index contributed by atoms with van der Waals surface area (Å²) in [6.07, 6.45) is 17.1. The predicted molar refractivity (Wildman–Crippen MR) is 116 cm³/mol. The van der Waals surface area contributed by atoms with E-state index in [1.807, 2.05) is 13.8 Å². The smallest absolute Gasteiger partial charge is 0.326 e. The molecule has 28 heavy (non-hydrogen) atoms. The van der Waals surface area contributed by atoms with Crippen molar-refractivity contribution in [2.24, 2.45) is 5.92 Å². The topological polar surface area (TPSA) is 80.7 Å². The van der Waals surface area contributed by atoms with Crippen molar-refractivity contribution < 1.29 is 22.5 Å². The molecule has 0 aromatic heterocycles. The zero-order valence-electron chi connectivity index (χ0n) is 18.5. The average molecular weight is 421 g/mol. The molecule has 0 aromatic rings. The van der Waals surface area contributed by atoms with Crippen LogP contribution in [0.5, 0.6) is 0 Å². The Balaban J connectivity index is 3.69. The molecule has 0 heterocycles. The number of unbranched alkanes of at least 4 members (excludes halogenated alkanes) is 13. The van der Waals surface area contributed by atoms with Gasteiger partial charge < -0.3 is 4.74 Å². The van der Waals surface area contributed by atoms with E-state index in [2.05, 4.69) is 6.92 Å². The van der Waals surface area contributed by atoms with Crippen molar-refractivity contribution in [1.29, 1.82) is 0 Å². The number of rotatable bonds is 19. The molecule has 0 amide bonds. The summed E-state index contributed by atoms with van der Waals surface area (Å²) in [5.74, 6) is -0.696. The Labute approximate surface area is 173 Å². The Kier molecular flexibility index (Phi) is 16.9. The standard InChI is InChI=1S/C22H44O5S/c1-4-5-6-7-8-9-10-11-12-13-14-15-16-17-18-21(28(24,25)26)22(23)27-19-20(2)3/h20-21H,4-19H2,1-3H3,(H,24,25,26). The Morgan fingerprint density at radius 3 is 1.54 bits per heavy atom. The van der Waals surface area contributed by atoms with Crippen molar-refractivity contribution in [2.45, 2.75) is 122 Å². The summed E-state index contributed by atoms with van der Waals surface area (Å²) in [4.78, 5) is 11.9. The molecule has 0 aromatic carbocycles. The van der Waals surface area contributed by atoms with E-state index in [-0.39, 0.29) is 18.9 Å². The highest BCUT2D eigenvalue weighted by molar-refractivity contribution is 7.87. The molecule has 0 saturated carbocycles. The summed E-state index contributed by atoms with van der Waals surface area (Å²) < 4.78 is 37.1. The first-order valence-electron chi connectivity index (χ1n) is 11.4. The van der Waals surface area contributed by atoms with Crippen LogP contribution in [0.3, 0.4) is 0 Å². The van der Waals surface area contributed by atoms with E-state index in [0.717, 1.165) is 19.3 Å². The van der Waals surface area contributed by atoms with Gasteiger partial charge in [-0.05, 0) is 12.3 Å². The lowest BCUT2D eigenvalue weighted by molar-refractivity contribution is -0.144. The largest absolute Gasteiger partial charge is 0.464 e. The van der Waals surface area contributed by atoms with Crippen LogP contribution in [0.4, 0.5) is 0 Å². The van der Waals surface area contributed by atoms with E-state index < -0.39 is 21.3 Å². The molecule has 1 N–H and O–H groups in total. The van der Waals surface area contributed by atoms with Crippen molar-refractivity contribution >= 4 is 16.1 Å². The minimum absolute atomic E-state index is 0.132. The van der Waals surface area contributed by atoms with Gasteiger partial charge in [-0.3, -0.25) is 9.35 Å². The van der Waals surface area contributed by atoms with Crippen molar-refractivity contribution in [3.63, 3.8) is 0 Å². The third kappa shape index (κ3) is 16.3. The molecule has 0 bridgehead atoms. The Hall–Kier alpha value is -0.620. The number of esters is 1. The van der Waals surface area contributed by atoms with Gasteiger partial charge >= 0.3 is 5.97 Å². The number of hydrogen-bond acceptors (Lipinski definition) is 4. The van der Waals surface area contributed by atoms with Crippen molar-refractivity contribution in [3.8, 4) is 0 Å². The van der Waals surface area contributed by atoms with Crippen molar-refractivity contribution in [1.82, 2.24) is 0 Å². The lowest BCUT2D eigenvalue weighted by Gasteiger charge is -2.14. The van der Waals surface area contributed by atoms with Crippen LogP contribution < -0.4 is 0 Å². The van der Waals surface area contributed by atoms with E-state index in [1.165, 1.54) is 64.2 Å². The quantitative estimate of drug-likeness (QED) is 0.150. The second-order valence-corrected chi connectivity index (χ2v) is 10.0. The Bertz CT molecular complexity index is 473. The lowest BCUT2D eigenvalue weighted by Crippen LogP contribution is -2.32. The molecule has 0 rings (SSSR count). The number of hydrogen-bond donors (Lipinski definition) is 1. The lowest BCUT2D eigenvalue weighted by atomic mass is 10.0. The normalized spacial score (nSPS) is 13.0. The summed E-state index contributed by atoms with van der Waals surface area (Å²) >= 11 is 0. The van der Waals surface area contributed by atoms with E-state index in [4.69, 9.17) is 4.74 Å². The van der Waals surface area contributed by atoms with Crippen LogP contribution in [-0.2, 0) is 19.6 Å². The average Bonchev–Trinajstić information content (AvgIpc) is 2.62. The van der Waals surface area contributed by atoms with Crippen molar-refractivity contribution in [3.05, 3.63) is 0 Å². The van der Waals surface area contributed by atoms with Crippen LogP contribution in [0.25, 0.3) is 0 Å². The van der Waals surface area contributed by atoms with Gasteiger partial charge in [0.05, 0.1) is 6.61 Å². The van der Waals surface area contributed by atoms with E-state index in [0.29, 0.717) is 6.42 Å². The maximum absolute atomic E-state index is 11.9. The van der Waals surface area contributed by atoms with Gasteiger partial charge in [0.1, 0.15) is 0 Å². The molecule has 5 nitrogen and oxygen atoms in total. The maximum atomic E-state index is 11.9. The Morgan fingerprint density at radius 1 is 0.786 bits per heavy atom. The van der Waals surface area contributed by atoms with Gasteiger partial charge in [-0.1, -0.05) is 111 Å². The zero-order chi connectivity index (χ0) is 21.3. The summed E-state index contributed by atoms with van der Waals surface area (Å²) in [6, 6.07) is 0. The fraction of sp³-hybridized carbons (Fsp3) is 0.955. The minimum Gasteiger partial charge on any atom is -0.464 e. The molecular formula is C22H44O5S. The SMILES string of the molecule is CCCCCCCCCCCCCCCCC(C(=O)OCC(C)C)S(=O)(=O)O. The number of ether oxygens (including phenoxy) is 1. The van der Waals surface area contributed by atoms with Gasteiger partial charge in [-0.2, -0.15) is 8.42 Å². The molecule has 6 heteroatoms. The molecule has 0 aliphatic carbocycles. The summed E-state index contributed by atoms with van der Waals surface area (Å²) in [7, 11) is -4.40. The predicted octanol–water partition coefficient (Wildman–Crippen LogP) is 6.31. The van der Waals surface area contributed by atoms with Gasteiger partial charge in [0.25, 0.3) is 10.1 Å². The van der Waals surface area contributed by atoms with E-state index >= 15 is 0 Å². The Morgan fingerprint density at radius 2 is 1.18 bits per heavy atom. The van der Waals surface area contributed by atoms with Gasteiger partial charge in [-0.25, -0.2) is 0 Å². The van der Waals surface area contributed by atoms with Crippen molar-refractivity contribution in [2.75, 3.05) is 6.61 Å². The van der Waals surface area contributed by atoms with Crippen LogP contribution in [0.15, 0.2) is 0 Å². The molecule has 0 aliphatic heterocycles. The molecule has 0 radical (unpaired) electrons. The third-order valence-electron chi connectivity index (χ3n) is 5.00. The highest BCUT2D eigenvalue weighted by Crippen LogP contribution is 2.16. The van der Waals surface area contributed by atoms with Gasteiger partial charge in [-0.15, -0.1) is 0 Å². The highest BCUT2D eigenvalue weighted by Gasteiger charge is 2.32. The first-order chi connectivity index (χ1) is 13.3. The molecule has 1 unspecified atom stereocenters. The molecule has 0 fully saturated rings. The number of carbonyl (C=O) groups excluding carboxylic acids is 1. The third-order valence-corrected chi connectivity index (χ3v) is 6.15. The first-order valence-corrected chi connectivity index (χ1v) is 12.9. The van der Waals surface area contributed by atoms with E-state index in [1.54, 1.807) is 0 Å². The van der Waals surface area contributed by atoms with Gasteiger partial charge in [0.2, 0.25) is 0 Å². The zero-order valence-corrected chi connectivity index (χ0v) is 19.3. The monoisotopic (exact) mass is 420 g/mol. The summed E-state index contributed by atoms with van der Waals surface area (Å²) in [5, 5.41) is -1.44. The van der Waals surface area contributed by atoms with Crippen LogP contribution in [0.1, 0.15) is 117 Å². The fourth-order valence-corrected chi connectivity index (χ4v) is 4.03. The first kappa shape index (κ1) is 27.4.